The Labute approximate surface area is 101 Å². The van der Waals surface area contributed by atoms with Crippen molar-refractivity contribution in [2.45, 2.75) is 19.8 Å². The molecule has 92 valence electrons. The Kier molecular flexibility index (Phi) is 5.84. The van der Waals surface area contributed by atoms with E-state index in [0.29, 0.717) is 12.3 Å². The molecule has 0 spiro atoms. The highest BCUT2D eigenvalue weighted by molar-refractivity contribution is 8.13. The van der Waals surface area contributed by atoms with Crippen molar-refractivity contribution in [2.75, 3.05) is 32.4 Å². The molecule has 1 saturated heterocycles. The van der Waals surface area contributed by atoms with Crippen molar-refractivity contribution < 1.29 is 9.59 Å². The summed E-state index contributed by atoms with van der Waals surface area (Å²) in [4.78, 5) is 24.4. The van der Waals surface area contributed by atoms with Crippen LogP contribution in [0.2, 0.25) is 0 Å². The molecule has 16 heavy (non-hydrogen) atoms. The molecule has 1 amide bonds. The fourth-order valence-electron chi connectivity index (χ4n) is 1.86. The number of thioether (sulfide) groups is 1. The molecule has 1 unspecified atom stereocenters. The lowest BCUT2D eigenvalue weighted by Crippen LogP contribution is -2.28. The van der Waals surface area contributed by atoms with Crippen LogP contribution in [-0.4, -0.2) is 48.4 Å². The van der Waals surface area contributed by atoms with Crippen LogP contribution >= 0.6 is 11.8 Å². The fraction of sp³-hybridized carbons (Fsp3) is 0.818. The van der Waals surface area contributed by atoms with Gasteiger partial charge >= 0.3 is 0 Å². The number of rotatable bonds is 6. The highest BCUT2D eigenvalue weighted by Gasteiger charge is 2.28. The van der Waals surface area contributed by atoms with Gasteiger partial charge in [0, 0.05) is 32.2 Å². The average molecular weight is 244 g/mol. The van der Waals surface area contributed by atoms with Crippen LogP contribution < -0.4 is 5.32 Å². The van der Waals surface area contributed by atoms with Gasteiger partial charge in [0.15, 0.2) is 5.12 Å². The summed E-state index contributed by atoms with van der Waals surface area (Å²) < 4.78 is 0. The number of hydrogen-bond acceptors (Lipinski definition) is 4. The molecule has 0 aliphatic carbocycles. The maximum Gasteiger partial charge on any atom is 0.222 e. The third-order valence-electron chi connectivity index (χ3n) is 2.67. The lowest BCUT2D eigenvalue weighted by Gasteiger charge is -2.16. The minimum absolute atomic E-state index is 0.140. The maximum absolute atomic E-state index is 11.6. The monoisotopic (exact) mass is 244 g/mol. The van der Waals surface area contributed by atoms with E-state index in [9.17, 15) is 9.59 Å². The van der Waals surface area contributed by atoms with Gasteiger partial charge < -0.3 is 10.2 Å². The summed E-state index contributed by atoms with van der Waals surface area (Å²) in [6, 6.07) is 0. The van der Waals surface area contributed by atoms with Gasteiger partial charge in [-0.3, -0.25) is 9.59 Å². The van der Waals surface area contributed by atoms with Gasteiger partial charge in [-0.15, -0.1) is 0 Å². The van der Waals surface area contributed by atoms with Crippen LogP contribution in [0.4, 0.5) is 0 Å². The molecule has 5 heteroatoms. The van der Waals surface area contributed by atoms with Gasteiger partial charge in [0.05, 0.1) is 0 Å². The van der Waals surface area contributed by atoms with Gasteiger partial charge in [0.25, 0.3) is 0 Å². The highest BCUT2D eigenvalue weighted by Crippen LogP contribution is 2.22. The van der Waals surface area contributed by atoms with E-state index in [4.69, 9.17) is 0 Å². The zero-order valence-corrected chi connectivity index (χ0v) is 10.8. The Balaban J connectivity index is 2.24. The van der Waals surface area contributed by atoms with Gasteiger partial charge in [-0.1, -0.05) is 11.8 Å². The second-order valence-electron chi connectivity index (χ2n) is 4.17. The van der Waals surface area contributed by atoms with Crippen molar-refractivity contribution >= 4 is 22.8 Å². The summed E-state index contributed by atoms with van der Waals surface area (Å²) in [7, 11) is 1.91. The first-order valence-corrected chi connectivity index (χ1v) is 6.67. The van der Waals surface area contributed by atoms with Gasteiger partial charge in [-0.05, 0) is 25.9 Å². The third kappa shape index (κ3) is 4.53. The largest absolute Gasteiger partial charge is 0.342 e. The van der Waals surface area contributed by atoms with E-state index in [-0.39, 0.29) is 11.0 Å². The van der Waals surface area contributed by atoms with Crippen molar-refractivity contribution in [1.82, 2.24) is 10.2 Å². The quantitative estimate of drug-likeness (QED) is 0.700. The summed E-state index contributed by atoms with van der Waals surface area (Å²) in [6.45, 7) is 4.17. The van der Waals surface area contributed by atoms with Crippen LogP contribution in [0.5, 0.6) is 0 Å². The molecule has 1 rings (SSSR count). The van der Waals surface area contributed by atoms with E-state index in [0.717, 1.165) is 31.8 Å². The molecular formula is C11H20N2O2S. The van der Waals surface area contributed by atoms with E-state index < -0.39 is 0 Å². The number of amides is 1. The standard InChI is InChI=1S/C11H20N2O2S/c1-9(14)16-8-10-6-11(15)13(7-10)5-3-4-12-2/h10,12H,3-8H2,1-2H3. The first-order valence-electron chi connectivity index (χ1n) is 5.69. The first kappa shape index (κ1) is 13.5. The average Bonchev–Trinajstić information content (AvgIpc) is 2.57. The minimum atomic E-state index is 0.140. The molecule has 1 heterocycles. The molecule has 1 aliphatic rings. The third-order valence-corrected chi connectivity index (χ3v) is 3.72. The smallest absolute Gasteiger partial charge is 0.222 e. The Bertz CT molecular complexity index is 258. The van der Waals surface area contributed by atoms with E-state index in [1.165, 1.54) is 11.8 Å². The summed E-state index contributed by atoms with van der Waals surface area (Å²) in [5, 5.41) is 3.21. The number of likely N-dealkylation sites (tertiary alicyclic amines) is 1. The number of hydrogen-bond donors (Lipinski definition) is 1. The van der Waals surface area contributed by atoms with Gasteiger partial charge in [-0.2, -0.15) is 0 Å². The Morgan fingerprint density at radius 2 is 2.38 bits per heavy atom. The molecule has 1 fully saturated rings. The van der Waals surface area contributed by atoms with Crippen molar-refractivity contribution in [3.63, 3.8) is 0 Å². The van der Waals surface area contributed by atoms with E-state index >= 15 is 0 Å². The Hall–Kier alpha value is -0.550. The first-order chi connectivity index (χ1) is 7.63. The van der Waals surface area contributed by atoms with Gasteiger partial charge in [-0.25, -0.2) is 0 Å². The Morgan fingerprint density at radius 3 is 3.00 bits per heavy atom. The predicted octanol–water partition coefficient (Wildman–Crippen LogP) is 0.724. The molecule has 4 nitrogen and oxygen atoms in total. The highest BCUT2D eigenvalue weighted by atomic mass is 32.2. The summed E-state index contributed by atoms with van der Waals surface area (Å²) in [5.41, 5.74) is 0. The number of nitrogens with zero attached hydrogens (tertiary/aromatic N) is 1. The molecule has 1 N–H and O–H groups in total. The van der Waals surface area contributed by atoms with Crippen molar-refractivity contribution in [3.8, 4) is 0 Å². The van der Waals surface area contributed by atoms with E-state index in [2.05, 4.69) is 5.32 Å². The van der Waals surface area contributed by atoms with Crippen LogP contribution in [0.3, 0.4) is 0 Å². The molecule has 1 aliphatic heterocycles. The summed E-state index contributed by atoms with van der Waals surface area (Å²) in [5.74, 6) is 1.38. The second kappa shape index (κ2) is 6.91. The van der Waals surface area contributed by atoms with Gasteiger partial charge in [0.2, 0.25) is 5.91 Å². The normalized spacial score (nSPS) is 20.5. The second-order valence-corrected chi connectivity index (χ2v) is 5.37. The molecule has 0 aromatic heterocycles. The molecule has 0 aromatic carbocycles. The minimum Gasteiger partial charge on any atom is -0.342 e. The molecular weight excluding hydrogens is 224 g/mol. The lowest BCUT2D eigenvalue weighted by atomic mass is 10.1. The summed E-state index contributed by atoms with van der Waals surface area (Å²) >= 11 is 1.33. The Morgan fingerprint density at radius 1 is 1.62 bits per heavy atom. The zero-order chi connectivity index (χ0) is 12.0. The topological polar surface area (TPSA) is 49.4 Å². The molecule has 0 radical (unpaired) electrons. The molecule has 1 atom stereocenters. The van der Waals surface area contributed by atoms with Crippen LogP contribution in [0.25, 0.3) is 0 Å². The molecule has 0 aromatic rings. The van der Waals surface area contributed by atoms with Crippen LogP contribution in [0, 0.1) is 5.92 Å². The van der Waals surface area contributed by atoms with Crippen LogP contribution in [0.15, 0.2) is 0 Å². The SMILES string of the molecule is CNCCCN1CC(CSC(C)=O)CC1=O. The molecule has 0 saturated carbocycles. The maximum atomic E-state index is 11.6. The number of carbonyl (C=O) groups excluding carboxylic acids is 2. The fourth-order valence-corrected chi connectivity index (χ4v) is 2.56. The number of nitrogens with one attached hydrogen (secondary N) is 1. The molecule has 0 bridgehead atoms. The van der Waals surface area contributed by atoms with Crippen molar-refractivity contribution in [3.05, 3.63) is 0 Å². The van der Waals surface area contributed by atoms with Crippen molar-refractivity contribution in [1.29, 1.82) is 0 Å². The summed E-state index contributed by atoms with van der Waals surface area (Å²) in [6.07, 6.45) is 1.61. The van der Waals surface area contributed by atoms with E-state index in [1.54, 1.807) is 6.92 Å². The lowest BCUT2D eigenvalue weighted by molar-refractivity contribution is -0.127. The number of carbonyl (C=O) groups is 2. The zero-order valence-electron chi connectivity index (χ0n) is 9.99. The van der Waals surface area contributed by atoms with E-state index in [1.807, 2.05) is 11.9 Å². The van der Waals surface area contributed by atoms with Crippen LogP contribution in [0.1, 0.15) is 19.8 Å². The van der Waals surface area contributed by atoms with Crippen molar-refractivity contribution in [2.24, 2.45) is 5.92 Å². The van der Waals surface area contributed by atoms with Gasteiger partial charge in [0.1, 0.15) is 0 Å². The van der Waals surface area contributed by atoms with Crippen LogP contribution in [-0.2, 0) is 9.59 Å². The predicted molar refractivity (Wildman–Crippen MR) is 66.4 cm³/mol.